The van der Waals surface area contributed by atoms with Crippen LogP contribution in [0.15, 0.2) is 72.9 Å². The van der Waals surface area contributed by atoms with Crippen LogP contribution in [0.3, 0.4) is 0 Å². The van der Waals surface area contributed by atoms with E-state index in [1.807, 2.05) is 36.4 Å². The predicted octanol–water partition coefficient (Wildman–Crippen LogP) is 3.60. The van der Waals surface area contributed by atoms with E-state index in [0.29, 0.717) is 11.3 Å². The molecule has 3 aromatic rings. The molecule has 0 radical (unpaired) electrons. The number of amides is 1. The number of nitrogens with zero attached hydrogens (tertiary/aromatic N) is 1. The van der Waals surface area contributed by atoms with Gasteiger partial charge in [0, 0.05) is 11.8 Å². The molecule has 1 N–H and O–H groups in total. The molecule has 0 fully saturated rings. The fourth-order valence-electron chi connectivity index (χ4n) is 2.53. The van der Waals surface area contributed by atoms with Gasteiger partial charge in [0.1, 0.15) is 6.54 Å². The Labute approximate surface area is 168 Å². The molecule has 0 unspecified atom stereocenters. The molecule has 1 amide bonds. The third kappa shape index (κ3) is 5.77. The van der Waals surface area contributed by atoms with Crippen LogP contribution in [0.4, 0.5) is 0 Å². The standard InChI is InChI=1S/C23H20N2O4/c1-28-21-15-17(10-12-19-9-5-6-14-24-19)11-13-20(21)29-22(26)16-25-23(27)18-7-3-2-4-8-18/h2-15H,16H2,1H3,(H,25,27)/b12-10+. The highest BCUT2D eigenvalue weighted by molar-refractivity contribution is 5.96. The Morgan fingerprint density at radius 2 is 1.76 bits per heavy atom. The van der Waals surface area contributed by atoms with Gasteiger partial charge in [0.25, 0.3) is 5.91 Å². The summed E-state index contributed by atoms with van der Waals surface area (Å²) in [6.45, 7) is -0.252. The van der Waals surface area contributed by atoms with Crippen LogP contribution in [-0.2, 0) is 4.79 Å². The molecule has 29 heavy (non-hydrogen) atoms. The maximum Gasteiger partial charge on any atom is 0.330 e. The van der Waals surface area contributed by atoms with Crippen molar-refractivity contribution in [3.63, 3.8) is 0 Å². The summed E-state index contributed by atoms with van der Waals surface area (Å²) in [6.07, 6.45) is 5.48. The van der Waals surface area contributed by atoms with Crippen molar-refractivity contribution in [3.05, 3.63) is 89.7 Å². The quantitative estimate of drug-likeness (QED) is 0.494. The van der Waals surface area contributed by atoms with E-state index in [1.165, 1.54) is 7.11 Å². The van der Waals surface area contributed by atoms with Crippen LogP contribution in [0.1, 0.15) is 21.6 Å². The summed E-state index contributed by atoms with van der Waals surface area (Å²) in [5.41, 5.74) is 2.17. The van der Waals surface area contributed by atoms with Crippen molar-refractivity contribution in [1.82, 2.24) is 10.3 Å². The van der Waals surface area contributed by atoms with Crippen LogP contribution >= 0.6 is 0 Å². The first-order valence-corrected chi connectivity index (χ1v) is 8.97. The molecule has 6 heteroatoms. The number of methoxy groups -OCH3 is 1. The minimum Gasteiger partial charge on any atom is -0.493 e. The van der Waals surface area contributed by atoms with Gasteiger partial charge in [0.15, 0.2) is 11.5 Å². The smallest absolute Gasteiger partial charge is 0.330 e. The summed E-state index contributed by atoms with van der Waals surface area (Å²) in [5, 5.41) is 2.53. The minimum absolute atomic E-state index is 0.252. The number of ether oxygens (including phenoxy) is 2. The highest BCUT2D eigenvalue weighted by atomic mass is 16.6. The molecule has 0 bridgehead atoms. The van der Waals surface area contributed by atoms with Gasteiger partial charge in [-0.1, -0.05) is 36.4 Å². The summed E-state index contributed by atoms with van der Waals surface area (Å²) < 4.78 is 10.6. The molecule has 1 aromatic heterocycles. The maximum atomic E-state index is 12.1. The second-order valence-corrected chi connectivity index (χ2v) is 6.02. The van der Waals surface area contributed by atoms with Gasteiger partial charge >= 0.3 is 5.97 Å². The van der Waals surface area contributed by atoms with Gasteiger partial charge in [0.05, 0.1) is 12.8 Å². The Hall–Kier alpha value is -3.93. The summed E-state index contributed by atoms with van der Waals surface area (Å²) >= 11 is 0. The van der Waals surface area contributed by atoms with Crippen molar-refractivity contribution in [2.45, 2.75) is 0 Å². The predicted molar refractivity (Wildman–Crippen MR) is 111 cm³/mol. The molecular weight excluding hydrogens is 368 g/mol. The summed E-state index contributed by atoms with van der Waals surface area (Å²) in [5.74, 6) is -0.244. The molecule has 0 spiro atoms. The summed E-state index contributed by atoms with van der Waals surface area (Å²) in [4.78, 5) is 28.3. The van der Waals surface area contributed by atoms with E-state index < -0.39 is 5.97 Å². The van der Waals surface area contributed by atoms with E-state index >= 15 is 0 Å². The van der Waals surface area contributed by atoms with Gasteiger partial charge in [0.2, 0.25) is 0 Å². The Kier molecular flexibility index (Phi) is 6.73. The number of hydrogen-bond acceptors (Lipinski definition) is 5. The molecule has 0 aliphatic heterocycles. The summed E-state index contributed by atoms with van der Waals surface area (Å²) in [7, 11) is 1.50. The Bertz CT molecular complexity index is 1000. The topological polar surface area (TPSA) is 77.5 Å². The molecule has 0 aliphatic rings. The zero-order valence-corrected chi connectivity index (χ0v) is 15.9. The van der Waals surface area contributed by atoms with E-state index in [4.69, 9.17) is 9.47 Å². The number of hydrogen-bond donors (Lipinski definition) is 1. The van der Waals surface area contributed by atoms with Crippen LogP contribution in [0.25, 0.3) is 12.2 Å². The SMILES string of the molecule is COc1cc(/C=C/c2ccccn2)ccc1OC(=O)CNC(=O)c1ccccc1. The highest BCUT2D eigenvalue weighted by Gasteiger charge is 2.12. The van der Waals surface area contributed by atoms with Gasteiger partial charge in [-0.2, -0.15) is 0 Å². The molecule has 1 heterocycles. The van der Waals surface area contributed by atoms with E-state index in [2.05, 4.69) is 10.3 Å². The third-order valence-corrected chi connectivity index (χ3v) is 3.98. The number of pyridine rings is 1. The first kappa shape index (κ1) is 19.8. The lowest BCUT2D eigenvalue weighted by Gasteiger charge is -2.10. The van der Waals surface area contributed by atoms with Gasteiger partial charge in [-0.15, -0.1) is 0 Å². The summed E-state index contributed by atoms with van der Waals surface area (Å²) in [6, 6.07) is 19.5. The van der Waals surface area contributed by atoms with Crippen molar-refractivity contribution in [2.24, 2.45) is 0 Å². The molecule has 0 atom stereocenters. The molecular formula is C23H20N2O4. The lowest BCUT2D eigenvalue weighted by atomic mass is 10.1. The number of nitrogens with one attached hydrogen (secondary N) is 1. The van der Waals surface area contributed by atoms with Crippen LogP contribution in [0, 0.1) is 0 Å². The number of esters is 1. The number of rotatable bonds is 7. The van der Waals surface area contributed by atoms with E-state index in [9.17, 15) is 9.59 Å². The minimum atomic E-state index is -0.593. The van der Waals surface area contributed by atoms with Gasteiger partial charge in [-0.25, -0.2) is 4.79 Å². The van der Waals surface area contributed by atoms with Crippen LogP contribution in [0.5, 0.6) is 11.5 Å². The largest absolute Gasteiger partial charge is 0.493 e. The monoisotopic (exact) mass is 388 g/mol. The molecule has 6 nitrogen and oxygen atoms in total. The van der Waals surface area contributed by atoms with Crippen molar-refractivity contribution in [3.8, 4) is 11.5 Å². The zero-order chi connectivity index (χ0) is 20.5. The van der Waals surface area contributed by atoms with Crippen LogP contribution in [-0.4, -0.2) is 30.5 Å². The molecule has 0 saturated carbocycles. The van der Waals surface area contributed by atoms with Crippen molar-refractivity contribution in [2.75, 3.05) is 13.7 Å². The van der Waals surface area contributed by atoms with Crippen LogP contribution < -0.4 is 14.8 Å². The van der Waals surface area contributed by atoms with Crippen molar-refractivity contribution in [1.29, 1.82) is 0 Å². The van der Waals surface area contributed by atoms with Gasteiger partial charge < -0.3 is 14.8 Å². The number of benzene rings is 2. The molecule has 0 saturated heterocycles. The fourth-order valence-corrected chi connectivity index (χ4v) is 2.53. The Morgan fingerprint density at radius 1 is 0.966 bits per heavy atom. The average molecular weight is 388 g/mol. The van der Waals surface area contributed by atoms with Crippen molar-refractivity contribution < 1.29 is 19.1 Å². The zero-order valence-electron chi connectivity index (χ0n) is 15.9. The molecule has 2 aromatic carbocycles. The first-order valence-electron chi connectivity index (χ1n) is 8.97. The van der Waals surface area contributed by atoms with Crippen LogP contribution in [0.2, 0.25) is 0 Å². The first-order chi connectivity index (χ1) is 14.2. The second kappa shape index (κ2) is 9.85. The van der Waals surface area contributed by atoms with E-state index in [1.54, 1.807) is 48.7 Å². The van der Waals surface area contributed by atoms with E-state index in [0.717, 1.165) is 11.3 Å². The normalized spacial score (nSPS) is 10.5. The fraction of sp³-hybridized carbons (Fsp3) is 0.0870. The number of carbonyl (C=O) groups excluding carboxylic acids is 2. The highest BCUT2D eigenvalue weighted by Crippen LogP contribution is 2.28. The Morgan fingerprint density at radius 3 is 2.48 bits per heavy atom. The molecule has 3 rings (SSSR count). The Balaban J connectivity index is 1.60. The molecule has 0 aliphatic carbocycles. The third-order valence-electron chi connectivity index (χ3n) is 3.98. The van der Waals surface area contributed by atoms with Gasteiger partial charge in [-0.3, -0.25) is 9.78 Å². The number of aromatic nitrogens is 1. The van der Waals surface area contributed by atoms with Crippen molar-refractivity contribution >= 4 is 24.0 Å². The van der Waals surface area contributed by atoms with Gasteiger partial charge in [-0.05, 0) is 48.0 Å². The average Bonchev–Trinajstić information content (AvgIpc) is 2.78. The lowest BCUT2D eigenvalue weighted by molar-refractivity contribution is -0.133. The number of carbonyl (C=O) groups is 2. The van der Waals surface area contributed by atoms with E-state index in [-0.39, 0.29) is 18.2 Å². The molecule has 146 valence electrons. The lowest BCUT2D eigenvalue weighted by Crippen LogP contribution is -2.31. The maximum absolute atomic E-state index is 12.1. The second-order valence-electron chi connectivity index (χ2n) is 6.02.